The summed E-state index contributed by atoms with van der Waals surface area (Å²) in [6, 6.07) is 5.03. The molecule has 0 bridgehead atoms. The molecular formula is C20H18F2N8O2. The minimum absolute atomic E-state index is 0.0198. The molecule has 0 aliphatic carbocycles. The first-order valence-electron chi connectivity index (χ1n) is 9.83. The Morgan fingerprint density at radius 3 is 2.47 bits per heavy atom. The normalized spacial score (nSPS) is 14.3. The van der Waals surface area contributed by atoms with Crippen molar-refractivity contribution >= 4 is 17.0 Å². The molecule has 3 aromatic heterocycles. The number of aromatic nitrogens is 7. The quantitative estimate of drug-likeness (QED) is 0.463. The number of alkyl halides is 2. The number of ether oxygens (including phenoxy) is 2. The van der Waals surface area contributed by atoms with E-state index in [4.69, 9.17) is 9.47 Å². The van der Waals surface area contributed by atoms with Gasteiger partial charge in [-0.3, -0.25) is 4.57 Å². The second kappa shape index (κ2) is 8.38. The maximum atomic E-state index is 14.0. The molecule has 0 spiro atoms. The SMILES string of the molecule is COc1cccc2c1nc(C(F)F)n2-c1nc(-c2cncnc2)nc(N2CCOCC2)n1. The van der Waals surface area contributed by atoms with Crippen molar-refractivity contribution in [2.75, 3.05) is 38.3 Å². The Hall–Kier alpha value is -3.80. The summed E-state index contributed by atoms with van der Waals surface area (Å²) in [5.41, 5.74) is 1.23. The Kier molecular flexibility index (Phi) is 5.27. The summed E-state index contributed by atoms with van der Waals surface area (Å²) in [6.45, 7) is 2.15. The van der Waals surface area contributed by atoms with Crippen LogP contribution in [-0.4, -0.2) is 67.9 Å². The molecule has 12 heteroatoms. The van der Waals surface area contributed by atoms with Crippen molar-refractivity contribution in [3.63, 3.8) is 0 Å². The van der Waals surface area contributed by atoms with E-state index in [1.54, 1.807) is 30.6 Å². The molecule has 1 fully saturated rings. The van der Waals surface area contributed by atoms with Crippen LogP contribution in [0, 0.1) is 0 Å². The molecule has 4 aromatic rings. The Balaban J connectivity index is 1.76. The molecule has 1 aliphatic rings. The minimum Gasteiger partial charge on any atom is -0.494 e. The predicted molar refractivity (Wildman–Crippen MR) is 110 cm³/mol. The molecule has 1 aliphatic heterocycles. The molecule has 0 radical (unpaired) electrons. The predicted octanol–water partition coefficient (Wildman–Crippen LogP) is 2.45. The van der Waals surface area contributed by atoms with Crippen molar-refractivity contribution < 1.29 is 18.3 Å². The van der Waals surface area contributed by atoms with Gasteiger partial charge in [-0.2, -0.15) is 15.0 Å². The Labute approximate surface area is 180 Å². The van der Waals surface area contributed by atoms with Gasteiger partial charge < -0.3 is 14.4 Å². The van der Waals surface area contributed by atoms with Crippen LogP contribution >= 0.6 is 0 Å². The van der Waals surface area contributed by atoms with E-state index in [0.29, 0.717) is 54.6 Å². The zero-order chi connectivity index (χ0) is 22.1. The topological polar surface area (TPSA) is 104 Å². The highest BCUT2D eigenvalue weighted by Crippen LogP contribution is 2.32. The monoisotopic (exact) mass is 440 g/mol. The van der Waals surface area contributed by atoms with Crippen molar-refractivity contribution in [2.24, 2.45) is 0 Å². The maximum absolute atomic E-state index is 14.0. The number of nitrogens with zero attached hydrogens (tertiary/aromatic N) is 8. The van der Waals surface area contributed by atoms with Gasteiger partial charge in [0.1, 0.15) is 17.6 Å². The molecule has 5 rings (SSSR count). The number of anilines is 1. The Bertz CT molecular complexity index is 1250. The Morgan fingerprint density at radius 2 is 1.75 bits per heavy atom. The molecule has 0 atom stereocenters. The van der Waals surface area contributed by atoms with Crippen molar-refractivity contribution in [1.82, 2.24) is 34.5 Å². The van der Waals surface area contributed by atoms with Crippen molar-refractivity contribution in [3.8, 4) is 23.1 Å². The number of para-hydroxylation sites is 1. The van der Waals surface area contributed by atoms with Gasteiger partial charge in [0.05, 0.1) is 31.4 Å². The maximum Gasteiger partial charge on any atom is 0.296 e. The molecule has 0 amide bonds. The third-order valence-corrected chi connectivity index (χ3v) is 5.01. The van der Waals surface area contributed by atoms with E-state index < -0.39 is 12.2 Å². The van der Waals surface area contributed by atoms with Gasteiger partial charge in [0.15, 0.2) is 11.6 Å². The van der Waals surface area contributed by atoms with Crippen molar-refractivity contribution in [1.29, 1.82) is 0 Å². The number of rotatable bonds is 5. The number of halogens is 2. The lowest BCUT2D eigenvalue weighted by molar-refractivity contribution is 0.122. The lowest BCUT2D eigenvalue weighted by Gasteiger charge is -2.27. The van der Waals surface area contributed by atoms with Crippen molar-refractivity contribution in [3.05, 3.63) is 42.7 Å². The number of methoxy groups -OCH3 is 1. The highest BCUT2D eigenvalue weighted by atomic mass is 19.3. The van der Waals surface area contributed by atoms with Crippen LogP contribution in [0.5, 0.6) is 5.75 Å². The van der Waals surface area contributed by atoms with Gasteiger partial charge in [-0.05, 0) is 12.1 Å². The van der Waals surface area contributed by atoms with Crippen LogP contribution < -0.4 is 9.64 Å². The average molecular weight is 440 g/mol. The lowest BCUT2D eigenvalue weighted by atomic mass is 10.3. The lowest BCUT2D eigenvalue weighted by Crippen LogP contribution is -2.37. The van der Waals surface area contributed by atoms with Crippen LogP contribution in [0.4, 0.5) is 14.7 Å². The summed E-state index contributed by atoms with van der Waals surface area (Å²) in [6.07, 6.45) is 1.63. The van der Waals surface area contributed by atoms with E-state index >= 15 is 0 Å². The van der Waals surface area contributed by atoms with Gasteiger partial charge in [0, 0.05) is 25.5 Å². The highest BCUT2D eigenvalue weighted by molar-refractivity contribution is 5.84. The first kappa shape index (κ1) is 20.1. The van der Waals surface area contributed by atoms with Gasteiger partial charge in [-0.25, -0.2) is 23.7 Å². The largest absolute Gasteiger partial charge is 0.494 e. The van der Waals surface area contributed by atoms with Gasteiger partial charge in [-0.1, -0.05) is 6.07 Å². The van der Waals surface area contributed by atoms with Gasteiger partial charge in [0.25, 0.3) is 6.43 Å². The summed E-state index contributed by atoms with van der Waals surface area (Å²) in [5, 5.41) is 0. The molecule has 1 saturated heterocycles. The van der Waals surface area contributed by atoms with E-state index in [2.05, 4.69) is 29.9 Å². The van der Waals surface area contributed by atoms with E-state index in [0.717, 1.165) is 0 Å². The fourth-order valence-corrected chi connectivity index (χ4v) is 3.52. The number of hydrogen-bond donors (Lipinski definition) is 0. The molecule has 32 heavy (non-hydrogen) atoms. The molecule has 10 nitrogen and oxygen atoms in total. The van der Waals surface area contributed by atoms with E-state index in [9.17, 15) is 8.78 Å². The Morgan fingerprint density at radius 1 is 1.00 bits per heavy atom. The van der Waals surface area contributed by atoms with Crippen LogP contribution in [0.15, 0.2) is 36.9 Å². The fourth-order valence-electron chi connectivity index (χ4n) is 3.52. The smallest absolute Gasteiger partial charge is 0.296 e. The van der Waals surface area contributed by atoms with Crippen LogP contribution in [-0.2, 0) is 4.74 Å². The number of benzene rings is 1. The first-order chi connectivity index (χ1) is 15.7. The summed E-state index contributed by atoms with van der Waals surface area (Å²) >= 11 is 0. The molecule has 1 aromatic carbocycles. The fraction of sp³-hybridized carbons (Fsp3) is 0.300. The number of fused-ring (bicyclic) bond motifs is 1. The third kappa shape index (κ3) is 3.58. The molecule has 0 saturated carbocycles. The van der Waals surface area contributed by atoms with Crippen LogP contribution in [0.1, 0.15) is 12.2 Å². The van der Waals surface area contributed by atoms with Gasteiger partial charge >= 0.3 is 0 Å². The second-order valence-electron chi connectivity index (χ2n) is 6.92. The van der Waals surface area contributed by atoms with E-state index in [1.807, 2.05) is 4.90 Å². The highest BCUT2D eigenvalue weighted by Gasteiger charge is 2.26. The van der Waals surface area contributed by atoms with Crippen LogP contribution in [0.25, 0.3) is 28.4 Å². The van der Waals surface area contributed by atoms with Gasteiger partial charge in [0.2, 0.25) is 11.9 Å². The summed E-state index contributed by atoms with van der Waals surface area (Å²) in [7, 11) is 1.46. The van der Waals surface area contributed by atoms with E-state index in [1.165, 1.54) is 18.0 Å². The average Bonchev–Trinajstić information content (AvgIpc) is 3.25. The molecule has 4 heterocycles. The van der Waals surface area contributed by atoms with Crippen LogP contribution in [0.3, 0.4) is 0 Å². The number of imidazole rings is 1. The summed E-state index contributed by atoms with van der Waals surface area (Å²) in [4.78, 5) is 27.6. The first-order valence-corrected chi connectivity index (χ1v) is 9.83. The number of morpholine rings is 1. The van der Waals surface area contributed by atoms with E-state index in [-0.39, 0.29) is 11.8 Å². The molecule has 164 valence electrons. The zero-order valence-corrected chi connectivity index (χ0v) is 17.0. The van der Waals surface area contributed by atoms with Gasteiger partial charge in [-0.15, -0.1) is 0 Å². The van der Waals surface area contributed by atoms with Crippen molar-refractivity contribution in [2.45, 2.75) is 6.43 Å². The second-order valence-corrected chi connectivity index (χ2v) is 6.92. The molecule has 0 N–H and O–H groups in total. The van der Waals surface area contributed by atoms with Crippen LogP contribution in [0.2, 0.25) is 0 Å². The third-order valence-electron chi connectivity index (χ3n) is 5.01. The number of hydrogen-bond acceptors (Lipinski definition) is 9. The molecule has 0 unspecified atom stereocenters. The zero-order valence-electron chi connectivity index (χ0n) is 17.0. The molecular weight excluding hydrogens is 422 g/mol. The standard InChI is InChI=1S/C20H18F2N8O2/c1-31-14-4-2-3-13-15(14)25-18(16(21)22)30(13)20-27-17(12-9-23-11-24-10-12)26-19(28-20)29-5-7-32-8-6-29/h2-4,9-11,16H,5-8H2,1H3. The summed E-state index contributed by atoms with van der Waals surface area (Å²) < 4.78 is 40.0. The summed E-state index contributed by atoms with van der Waals surface area (Å²) in [5.74, 6) is 0.525. The minimum atomic E-state index is -2.86.